The molecule has 0 aliphatic carbocycles. The summed E-state index contributed by atoms with van der Waals surface area (Å²) in [7, 11) is 1.57. The summed E-state index contributed by atoms with van der Waals surface area (Å²) in [5.41, 5.74) is 2.52. The standard InChI is InChI=1S/C23H19ClO4/c1-27-20-11-7-18(8-12-20)22(23(25)26)14-17-3-2-4-21(13-17)28-15-16-5-9-19(24)10-6-16/h2-14H,15H2,1H3,(H,25,26)/b22-14-. The Balaban J connectivity index is 1.80. The van der Waals surface area contributed by atoms with Crippen LogP contribution in [0.5, 0.6) is 11.5 Å². The largest absolute Gasteiger partial charge is 0.497 e. The highest BCUT2D eigenvalue weighted by Gasteiger charge is 2.11. The van der Waals surface area contributed by atoms with Gasteiger partial charge in [-0.1, -0.05) is 48.0 Å². The number of carboxylic acid groups (broad SMARTS) is 1. The summed E-state index contributed by atoms with van der Waals surface area (Å²) in [4.78, 5) is 11.7. The molecule has 0 aliphatic rings. The number of carboxylic acids is 1. The van der Waals surface area contributed by atoms with Crippen LogP contribution in [0.2, 0.25) is 5.02 Å². The molecule has 0 saturated heterocycles. The summed E-state index contributed by atoms with van der Waals surface area (Å²) in [5, 5.41) is 10.3. The summed E-state index contributed by atoms with van der Waals surface area (Å²) >= 11 is 5.89. The van der Waals surface area contributed by atoms with Crippen LogP contribution < -0.4 is 9.47 Å². The molecule has 0 atom stereocenters. The van der Waals surface area contributed by atoms with Gasteiger partial charge in [0.1, 0.15) is 18.1 Å². The van der Waals surface area contributed by atoms with Crippen LogP contribution in [-0.2, 0) is 11.4 Å². The van der Waals surface area contributed by atoms with Gasteiger partial charge in [-0.3, -0.25) is 0 Å². The van der Waals surface area contributed by atoms with E-state index in [1.165, 1.54) is 0 Å². The molecule has 1 N–H and O–H groups in total. The van der Waals surface area contributed by atoms with Crippen molar-refractivity contribution in [3.63, 3.8) is 0 Å². The fourth-order valence-corrected chi connectivity index (χ4v) is 2.77. The fourth-order valence-electron chi connectivity index (χ4n) is 2.65. The van der Waals surface area contributed by atoms with Gasteiger partial charge in [0.25, 0.3) is 0 Å². The first-order valence-electron chi connectivity index (χ1n) is 8.62. The van der Waals surface area contributed by atoms with Crippen molar-refractivity contribution in [1.82, 2.24) is 0 Å². The van der Waals surface area contributed by atoms with E-state index < -0.39 is 5.97 Å². The molecule has 3 aromatic carbocycles. The lowest BCUT2D eigenvalue weighted by molar-refractivity contribution is -0.130. The van der Waals surface area contributed by atoms with Crippen molar-refractivity contribution in [2.45, 2.75) is 6.61 Å². The lowest BCUT2D eigenvalue weighted by Crippen LogP contribution is -2.00. The van der Waals surface area contributed by atoms with Gasteiger partial charge < -0.3 is 14.6 Å². The smallest absolute Gasteiger partial charge is 0.336 e. The third-order valence-electron chi connectivity index (χ3n) is 4.12. The predicted molar refractivity (Wildman–Crippen MR) is 111 cm³/mol. The first-order chi connectivity index (χ1) is 13.5. The predicted octanol–water partition coefficient (Wildman–Crippen LogP) is 5.55. The number of hydrogen-bond acceptors (Lipinski definition) is 3. The maximum absolute atomic E-state index is 11.7. The average molecular weight is 395 g/mol. The molecule has 0 unspecified atom stereocenters. The van der Waals surface area contributed by atoms with Crippen LogP contribution in [0.15, 0.2) is 72.8 Å². The number of rotatable bonds is 7. The molecule has 0 aliphatic heterocycles. The first-order valence-corrected chi connectivity index (χ1v) is 8.99. The highest BCUT2D eigenvalue weighted by Crippen LogP contribution is 2.24. The van der Waals surface area contributed by atoms with Crippen LogP contribution in [0.4, 0.5) is 0 Å². The minimum absolute atomic E-state index is 0.192. The second kappa shape index (κ2) is 9.11. The molecule has 3 aromatic rings. The van der Waals surface area contributed by atoms with E-state index in [0.29, 0.717) is 28.7 Å². The number of halogens is 1. The summed E-state index contributed by atoms with van der Waals surface area (Å²) in [5.74, 6) is 0.326. The summed E-state index contributed by atoms with van der Waals surface area (Å²) in [6, 6.07) is 21.6. The molecule has 0 bridgehead atoms. The van der Waals surface area contributed by atoms with Gasteiger partial charge >= 0.3 is 5.97 Å². The number of benzene rings is 3. The van der Waals surface area contributed by atoms with Crippen LogP contribution in [0, 0.1) is 0 Å². The molecule has 0 saturated carbocycles. The second-order valence-corrected chi connectivity index (χ2v) is 6.52. The Hall–Kier alpha value is -3.24. The highest BCUT2D eigenvalue weighted by molar-refractivity contribution is 6.30. The molecule has 0 amide bonds. The molecule has 28 heavy (non-hydrogen) atoms. The Morgan fingerprint density at radius 3 is 2.36 bits per heavy atom. The lowest BCUT2D eigenvalue weighted by Gasteiger charge is -2.08. The molecule has 0 aromatic heterocycles. The van der Waals surface area contributed by atoms with Crippen LogP contribution in [-0.4, -0.2) is 18.2 Å². The lowest BCUT2D eigenvalue weighted by atomic mass is 10.0. The third-order valence-corrected chi connectivity index (χ3v) is 4.37. The molecule has 0 spiro atoms. The first kappa shape index (κ1) is 19.5. The molecule has 0 radical (unpaired) electrons. The van der Waals surface area contributed by atoms with Crippen molar-refractivity contribution in [2.24, 2.45) is 0 Å². The minimum Gasteiger partial charge on any atom is -0.497 e. The van der Waals surface area contributed by atoms with E-state index in [0.717, 1.165) is 11.1 Å². The number of carbonyl (C=O) groups is 1. The molecule has 142 valence electrons. The van der Waals surface area contributed by atoms with Crippen molar-refractivity contribution < 1.29 is 19.4 Å². The maximum atomic E-state index is 11.7. The molecule has 5 heteroatoms. The third kappa shape index (κ3) is 5.15. The second-order valence-electron chi connectivity index (χ2n) is 6.08. The Bertz CT molecular complexity index is 976. The molecular formula is C23H19ClO4. The summed E-state index contributed by atoms with van der Waals surface area (Å²) in [6.07, 6.45) is 1.62. The van der Waals surface area contributed by atoms with Gasteiger partial charge in [-0.05, 0) is 59.2 Å². The Labute approximate surface area is 168 Å². The van der Waals surface area contributed by atoms with E-state index in [1.807, 2.05) is 48.5 Å². The van der Waals surface area contributed by atoms with Crippen molar-refractivity contribution in [3.8, 4) is 11.5 Å². The van der Waals surface area contributed by atoms with Crippen molar-refractivity contribution >= 4 is 29.2 Å². The summed E-state index contributed by atoms with van der Waals surface area (Å²) in [6.45, 7) is 0.397. The Kier molecular flexibility index (Phi) is 6.35. The number of aliphatic carboxylic acids is 1. The van der Waals surface area contributed by atoms with E-state index in [-0.39, 0.29) is 5.57 Å². The van der Waals surface area contributed by atoms with Gasteiger partial charge in [-0.2, -0.15) is 0 Å². The number of ether oxygens (including phenoxy) is 2. The van der Waals surface area contributed by atoms with E-state index >= 15 is 0 Å². The van der Waals surface area contributed by atoms with E-state index in [1.54, 1.807) is 37.5 Å². The highest BCUT2D eigenvalue weighted by atomic mass is 35.5. The maximum Gasteiger partial charge on any atom is 0.336 e. The van der Waals surface area contributed by atoms with E-state index in [2.05, 4.69) is 0 Å². The summed E-state index contributed by atoms with van der Waals surface area (Å²) < 4.78 is 10.9. The van der Waals surface area contributed by atoms with Crippen molar-refractivity contribution in [3.05, 3.63) is 94.5 Å². The van der Waals surface area contributed by atoms with Gasteiger partial charge in [0.2, 0.25) is 0 Å². The molecule has 4 nitrogen and oxygen atoms in total. The quantitative estimate of drug-likeness (QED) is 0.421. The topological polar surface area (TPSA) is 55.8 Å². The van der Waals surface area contributed by atoms with Crippen LogP contribution in [0.1, 0.15) is 16.7 Å². The Morgan fingerprint density at radius 1 is 1.00 bits per heavy atom. The monoisotopic (exact) mass is 394 g/mol. The molecule has 3 rings (SSSR count). The molecule has 0 heterocycles. The van der Waals surface area contributed by atoms with E-state index in [9.17, 15) is 9.90 Å². The normalized spacial score (nSPS) is 11.1. The van der Waals surface area contributed by atoms with Gasteiger partial charge in [-0.15, -0.1) is 0 Å². The van der Waals surface area contributed by atoms with Gasteiger partial charge in [-0.25, -0.2) is 4.79 Å². The SMILES string of the molecule is COc1ccc(/C(=C/c2cccc(OCc3ccc(Cl)cc3)c2)C(=O)O)cc1. The number of hydrogen-bond donors (Lipinski definition) is 1. The van der Waals surface area contributed by atoms with Gasteiger partial charge in [0.15, 0.2) is 0 Å². The van der Waals surface area contributed by atoms with Crippen molar-refractivity contribution in [1.29, 1.82) is 0 Å². The fraction of sp³-hybridized carbons (Fsp3) is 0.0870. The minimum atomic E-state index is -1.00. The van der Waals surface area contributed by atoms with Crippen molar-refractivity contribution in [2.75, 3.05) is 7.11 Å². The average Bonchev–Trinajstić information content (AvgIpc) is 2.72. The number of methoxy groups -OCH3 is 1. The van der Waals surface area contributed by atoms with Gasteiger partial charge in [0, 0.05) is 5.02 Å². The van der Waals surface area contributed by atoms with E-state index in [4.69, 9.17) is 21.1 Å². The van der Waals surface area contributed by atoms with Crippen LogP contribution in [0.25, 0.3) is 11.6 Å². The zero-order valence-electron chi connectivity index (χ0n) is 15.3. The van der Waals surface area contributed by atoms with Gasteiger partial charge in [0.05, 0.1) is 12.7 Å². The molecule has 0 fully saturated rings. The van der Waals surface area contributed by atoms with Crippen LogP contribution in [0.3, 0.4) is 0 Å². The molecular weight excluding hydrogens is 376 g/mol. The van der Waals surface area contributed by atoms with Crippen LogP contribution >= 0.6 is 11.6 Å². The zero-order valence-corrected chi connectivity index (χ0v) is 16.0. The zero-order chi connectivity index (χ0) is 19.9. The Morgan fingerprint density at radius 2 is 1.71 bits per heavy atom.